The molecule has 0 spiro atoms. The number of benzene rings is 1. The summed E-state index contributed by atoms with van der Waals surface area (Å²) in [6.45, 7) is 0.463. The molecule has 1 N–H and O–H groups in total. The van der Waals surface area contributed by atoms with E-state index in [2.05, 4.69) is 10.3 Å². The highest BCUT2D eigenvalue weighted by molar-refractivity contribution is 5.91. The van der Waals surface area contributed by atoms with Crippen LogP contribution >= 0.6 is 0 Å². The number of hydrogen-bond donors (Lipinski definition) is 1. The molecule has 0 aliphatic carbocycles. The number of carbonyl (C=O) groups excluding carboxylic acids is 1. The highest BCUT2D eigenvalue weighted by Gasteiger charge is 2.02. The van der Waals surface area contributed by atoms with Crippen LogP contribution in [0.15, 0.2) is 24.5 Å². The summed E-state index contributed by atoms with van der Waals surface area (Å²) >= 11 is 0. The predicted molar refractivity (Wildman–Crippen MR) is 63.0 cm³/mol. The van der Waals surface area contributed by atoms with Crippen LogP contribution in [0.1, 0.15) is 5.56 Å². The third kappa shape index (κ3) is 2.42. The number of hydrogen-bond acceptors (Lipinski definition) is 3. The second kappa shape index (κ2) is 4.66. The van der Waals surface area contributed by atoms with Crippen molar-refractivity contribution < 1.29 is 4.79 Å². The fourth-order valence-electron chi connectivity index (χ4n) is 1.70. The zero-order chi connectivity index (χ0) is 12.3. The summed E-state index contributed by atoms with van der Waals surface area (Å²) in [6, 6.07) is 7.52. The minimum atomic E-state index is -0.594. The van der Waals surface area contributed by atoms with Crippen LogP contribution in [0.3, 0.4) is 0 Å². The Bertz CT molecular complexity index is 594. The Morgan fingerprint density at radius 2 is 2.41 bits per heavy atom. The summed E-state index contributed by atoms with van der Waals surface area (Å²) in [5, 5.41) is 10.8. The van der Waals surface area contributed by atoms with Crippen LogP contribution in [0.4, 0.5) is 0 Å². The number of carbonyl (C=O) groups is 1. The van der Waals surface area contributed by atoms with Gasteiger partial charge in [0.2, 0.25) is 0 Å². The van der Waals surface area contributed by atoms with E-state index in [-0.39, 0.29) is 0 Å². The lowest BCUT2D eigenvalue weighted by Crippen LogP contribution is -2.23. The summed E-state index contributed by atoms with van der Waals surface area (Å²) in [4.78, 5) is 15.0. The summed E-state index contributed by atoms with van der Waals surface area (Å²) in [7, 11) is 1.95. The van der Waals surface area contributed by atoms with Crippen molar-refractivity contribution in [1.82, 2.24) is 14.9 Å². The molecule has 0 bridgehead atoms. The number of aryl methyl sites for hydroxylation is 1. The average Bonchev–Trinajstić information content (AvgIpc) is 2.70. The SMILES string of the molecule is Cn1cnc2cc(CCNC(=O)C#N)ccc21. The lowest BCUT2D eigenvalue weighted by Gasteiger charge is -2.02. The molecule has 0 radical (unpaired) electrons. The number of nitriles is 1. The molecule has 0 unspecified atom stereocenters. The van der Waals surface area contributed by atoms with Crippen LogP contribution in [-0.2, 0) is 18.3 Å². The molecule has 1 aromatic heterocycles. The number of nitrogens with zero attached hydrogens (tertiary/aromatic N) is 3. The van der Waals surface area contributed by atoms with Crippen LogP contribution in [-0.4, -0.2) is 22.0 Å². The van der Waals surface area contributed by atoms with Crippen molar-refractivity contribution in [3.8, 4) is 6.07 Å². The molecular weight excluding hydrogens is 216 g/mol. The van der Waals surface area contributed by atoms with E-state index < -0.39 is 5.91 Å². The minimum absolute atomic E-state index is 0.463. The largest absolute Gasteiger partial charge is 0.343 e. The van der Waals surface area contributed by atoms with Crippen LogP contribution in [0.5, 0.6) is 0 Å². The van der Waals surface area contributed by atoms with E-state index in [1.807, 2.05) is 29.8 Å². The standard InChI is InChI=1S/C12H12N4O/c1-16-8-15-10-6-9(2-3-11(10)16)4-5-14-12(17)7-13/h2-3,6,8H,4-5H2,1H3,(H,14,17). The van der Waals surface area contributed by atoms with Crippen molar-refractivity contribution >= 4 is 16.9 Å². The molecule has 0 saturated heterocycles. The number of aromatic nitrogens is 2. The first kappa shape index (κ1) is 11.1. The summed E-state index contributed by atoms with van der Waals surface area (Å²) in [6.07, 6.45) is 2.46. The van der Waals surface area contributed by atoms with Gasteiger partial charge in [0, 0.05) is 13.6 Å². The van der Waals surface area contributed by atoms with Crippen molar-refractivity contribution in [3.05, 3.63) is 30.1 Å². The van der Waals surface area contributed by atoms with Crippen molar-refractivity contribution in [2.24, 2.45) is 7.05 Å². The van der Waals surface area contributed by atoms with Crippen LogP contribution in [0, 0.1) is 11.3 Å². The fourth-order valence-corrected chi connectivity index (χ4v) is 1.70. The predicted octanol–water partition coefficient (Wildman–Crippen LogP) is 0.756. The van der Waals surface area contributed by atoms with Crippen LogP contribution < -0.4 is 5.32 Å². The first-order chi connectivity index (χ1) is 8.20. The topological polar surface area (TPSA) is 70.7 Å². The minimum Gasteiger partial charge on any atom is -0.343 e. The first-order valence-corrected chi connectivity index (χ1v) is 5.28. The third-order valence-corrected chi connectivity index (χ3v) is 2.59. The third-order valence-electron chi connectivity index (χ3n) is 2.59. The highest BCUT2D eigenvalue weighted by Crippen LogP contribution is 2.13. The molecule has 2 rings (SSSR count). The van der Waals surface area contributed by atoms with Gasteiger partial charge in [-0.1, -0.05) is 6.07 Å². The molecule has 0 saturated carbocycles. The van der Waals surface area contributed by atoms with E-state index in [1.165, 1.54) is 6.07 Å². The maximum atomic E-state index is 10.7. The molecule has 1 aromatic carbocycles. The molecular formula is C12H12N4O. The zero-order valence-corrected chi connectivity index (χ0v) is 9.47. The second-order valence-electron chi connectivity index (χ2n) is 3.80. The van der Waals surface area contributed by atoms with Gasteiger partial charge in [-0.3, -0.25) is 4.79 Å². The van der Waals surface area contributed by atoms with Crippen molar-refractivity contribution in [1.29, 1.82) is 5.26 Å². The van der Waals surface area contributed by atoms with Gasteiger partial charge in [-0.2, -0.15) is 5.26 Å². The van der Waals surface area contributed by atoms with Gasteiger partial charge in [0.25, 0.3) is 0 Å². The Balaban J connectivity index is 2.05. The zero-order valence-electron chi connectivity index (χ0n) is 9.47. The van der Waals surface area contributed by atoms with Gasteiger partial charge in [0.15, 0.2) is 6.07 Å². The molecule has 0 atom stereocenters. The molecule has 17 heavy (non-hydrogen) atoms. The molecule has 86 valence electrons. The second-order valence-corrected chi connectivity index (χ2v) is 3.80. The van der Waals surface area contributed by atoms with Crippen LogP contribution in [0.25, 0.3) is 11.0 Å². The van der Waals surface area contributed by atoms with E-state index in [0.717, 1.165) is 16.6 Å². The number of imidazole rings is 1. The molecule has 5 nitrogen and oxygen atoms in total. The Morgan fingerprint density at radius 3 is 3.18 bits per heavy atom. The number of fused-ring (bicyclic) bond motifs is 1. The maximum absolute atomic E-state index is 10.7. The molecule has 1 amide bonds. The number of amides is 1. The van der Waals surface area contributed by atoms with Gasteiger partial charge in [0.05, 0.1) is 17.4 Å². The normalized spacial score (nSPS) is 10.1. The van der Waals surface area contributed by atoms with E-state index in [4.69, 9.17) is 5.26 Å². The molecule has 2 aromatic rings. The van der Waals surface area contributed by atoms with E-state index in [9.17, 15) is 4.79 Å². The van der Waals surface area contributed by atoms with Crippen molar-refractivity contribution in [3.63, 3.8) is 0 Å². The summed E-state index contributed by atoms with van der Waals surface area (Å²) in [5.41, 5.74) is 3.11. The van der Waals surface area contributed by atoms with Gasteiger partial charge in [-0.25, -0.2) is 4.98 Å². The van der Waals surface area contributed by atoms with Crippen molar-refractivity contribution in [2.75, 3.05) is 6.54 Å². The monoisotopic (exact) mass is 228 g/mol. The maximum Gasteiger partial charge on any atom is 0.322 e. The molecule has 0 aliphatic rings. The average molecular weight is 228 g/mol. The van der Waals surface area contributed by atoms with Crippen LogP contribution in [0.2, 0.25) is 0 Å². The number of nitrogens with one attached hydrogen (secondary N) is 1. The van der Waals surface area contributed by atoms with Gasteiger partial charge < -0.3 is 9.88 Å². The smallest absolute Gasteiger partial charge is 0.322 e. The fraction of sp³-hybridized carbons (Fsp3) is 0.250. The Labute approximate surface area is 98.7 Å². The highest BCUT2D eigenvalue weighted by atomic mass is 16.1. The summed E-state index contributed by atoms with van der Waals surface area (Å²) < 4.78 is 1.95. The molecule has 0 fully saturated rings. The van der Waals surface area contributed by atoms with E-state index in [1.54, 1.807) is 6.33 Å². The molecule has 5 heteroatoms. The lowest BCUT2D eigenvalue weighted by molar-refractivity contribution is -0.115. The lowest BCUT2D eigenvalue weighted by atomic mass is 10.1. The van der Waals surface area contributed by atoms with Gasteiger partial charge in [-0.15, -0.1) is 0 Å². The number of rotatable bonds is 3. The Kier molecular flexibility index (Phi) is 3.06. The van der Waals surface area contributed by atoms with Gasteiger partial charge in [-0.05, 0) is 24.1 Å². The molecule has 1 heterocycles. The van der Waals surface area contributed by atoms with E-state index in [0.29, 0.717) is 13.0 Å². The Morgan fingerprint density at radius 1 is 1.59 bits per heavy atom. The Hall–Kier alpha value is -2.35. The van der Waals surface area contributed by atoms with Gasteiger partial charge >= 0.3 is 5.91 Å². The van der Waals surface area contributed by atoms with E-state index >= 15 is 0 Å². The summed E-state index contributed by atoms with van der Waals surface area (Å²) in [5.74, 6) is -0.594. The molecule has 0 aliphatic heterocycles. The van der Waals surface area contributed by atoms with Crippen molar-refractivity contribution in [2.45, 2.75) is 6.42 Å². The quantitative estimate of drug-likeness (QED) is 0.788. The van der Waals surface area contributed by atoms with Gasteiger partial charge in [0.1, 0.15) is 0 Å². The first-order valence-electron chi connectivity index (χ1n) is 5.28.